The van der Waals surface area contributed by atoms with Crippen LogP contribution in [-0.4, -0.2) is 56.3 Å². The third-order valence-corrected chi connectivity index (χ3v) is 10.7. The van der Waals surface area contributed by atoms with Gasteiger partial charge >= 0.3 is 0 Å². The number of carbonyl (C=O) groups is 3. The van der Waals surface area contributed by atoms with Crippen molar-refractivity contribution < 1.29 is 49.1 Å². The van der Waals surface area contributed by atoms with E-state index in [1.54, 1.807) is 54.6 Å². The third-order valence-electron chi connectivity index (χ3n) is 6.85. The van der Waals surface area contributed by atoms with Gasteiger partial charge in [-0.3, -0.25) is 14.4 Å². The van der Waals surface area contributed by atoms with Crippen molar-refractivity contribution in [2.75, 3.05) is 14.2 Å². The van der Waals surface area contributed by atoms with Gasteiger partial charge in [0.05, 0.1) is 28.9 Å². The zero-order valence-electron chi connectivity index (χ0n) is 27.5. The predicted molar refractivity (Wildman–Crippen MR) is 200 cm³/mol. The van der Waals surface area contributed by atoms with Crippen molar-refractivity contribution in [1.29, 1.82) is 0 Å². The quantitative estimate of drug-likeness (QED) is 0.120. The molecule has 0 atom stereocenters. The number of methoxy groups -OCH3 is 2. The van der Waals surface area contributed by atoms with Crippen molar-refractivity contribution in [3.8, 4) is 11.5 Å². The smallest absolute Gasteiger partial charge is 0.261 e. The Kier molecular flexibility index (Phi) is 14.9. The fraction of sp³-hybridized carbons (Fsp3) is 0.0571. The van der Waals surface area contributed by atoms with Crippen LogP contribution in [0.15, 0.2) is 136 Å². The monoisotopic (exact) mass is 839 g/mol. The maximum absolute atomic E-state index is 12.2. The fourth-order valence-corrected chi connectivity index (χ4v) is 6.46. The Bertz CT molecular complexity index is 2330. The molecule has 5 aromatic carbocycles. The minimum atomic E-state index is -3.85. The highest BCUT2D eigenvalue weighted by Gasteiger charge is 2.16. The SMILES string of the molecule is COc1ccc(C(=O)c2cccc(S(=O)(=O)Cl)c2)cc1.COc1ccc(C(=O)c2cccc(S(N)(=O)=O)c2)cc1.O=C(Cl)c1cccc(S(=O)(=O)Cl)c1. The molecule has 0 saturated heterocycles. The van der Waals surface area contributed by atoms with Crippen molar-refractivity contribution >= 4 is 77.9 Å². The Hall–Kier alpha value is -4.61. The molecular weight excluding hydrogens is 813 g/mol. The summed E-state index contributed by atoms with van der Waals surface area (Å²) in [6.07, 6.45) is 0. The average molecular weight is 841 g/mol. The van der Waals surface area contributed by atoms with E-state index >= 15 is 0 Å². The molecule has 278 valence electrons. The Morgan fingerprint density at radius 2 is 0.811 bits per heavy atom. The minimum absolute atomic E-state index is 0.0862. The van der Waals surface area contributed by atoms with Gasteiger partial charge in [-0.1, -0.05) is 36.4 Å². The number of rotatable bonds is 10. The summed E-state index contributed by atoms with van der Waals surface area (Å²) < 4.78 is 76.7. The van der Waals surface area contributed by atoms with Gasteiger partial charge < -0.3 is 9.47 Å². The van der Waals surface area contributed by atoms with Crippen LogP contribution in [-0.2, 0) is 28.1 Å². The molecule has 2 N–H and O–H groups in total. The highest BCUT2D eigenvalue weighted by Crippen LogP contribution is 2.21. The molecule has 0 aliphatic rings. The number of halogens is 3. The van der Waals surface area contributed by atoms with E-state index in [0.717, 1.165) is 6.07 Å². The van der Waals surface area contributed by atoms with Crippen LogP contribution in [0.25, 0.3) is 0 Å². The summed E-state index contributed by atoms with van der Waals surface area (Å²) in [5, 5.41) is 4.33. The molecule has 0 amide bonds. The summed E-state index contributed by atoms with van der Waals surface area (Å²) >= 11 is 5.15. The van der Waals surface area contributed by atoms with Crippen molar-refractivity contribution in [1.82, 2.24) is 0 Å². The molecule has 5 rings (SSSR count). The molecule has 12 nitrogen and oxygen atoms in total. The van der Waals surface area contributed by atoms with E-state index < -0.39 is 33.4 Å². The number of nitrogens with two attached hydrogens (primary N) is 1. The number of carbonyl (C=O) groups excluding carboxylic acids is 3. The maximum Gasteiger partial charge on any atom is 0.261 e. The Morgan fingerprint density at radius 1 is 0.491 bits per heavy atom. The van der Waals surface area contributed by atoms with Crippen LogP contribution in [0.2, 0.25) is 0 Å². The molecule has 0 aliphatic carbocycles. The zero-order valence-corrected chi connectivity index (χ0v) is 32.2. The molecule has 0 heterocycles. The number of benzene rings is 5. The van der Waals surface area contributed by atoms with Gasteiger partial charge in [-0.25, -0.2) is 30.4 Å². The summed E-state index contributed by atoms with van der Waals surface area (Å²) in [6, 6.07) is 29.6. The average Bonchev–Trinajstić information content (AvgIpc) is 3.14. The summed E-state index contributed by atoms with van der Waals surface area (Å²) in [7, 11) is 1.91. The first-order valence-corrected chi connectivity index (χ1v) is 21.1. The van der Waals surface area contributed by atoms with Crippen LogP contribution >= 0.6 is 33.0 Å². The van der Waals surface area contributed by atoms with Crippen LogP contribution in [0.3, 0.4) is 0 Å². The maximum atomic E-state index is 12.2. The minimum Gasteiger partial charge on any atom is -0.497 e. The summed E-state index contributed by atoms with van der Waals surface area (Å²) in [4.78, 5) is 34.8. The summed E-state index contributed by atoms with van der Waals surface area (Å²) in [5.74, 6) is 0.714. The predicted octanol–water partition coefficient (Wildman–Crippen LogP) is 6.42. The lowest BCUT2D eigenvalue weighted by molar-refractivity contribution is 0.103. The van der Waals surface area contributed by atoms with E-state index in [4.69, 9.17) is 47.6 Å². The van der Waals surface area contributed by atoms with E-state index in [2.05, 4.69) is 0 Å². The first-order valence-electron chi connectivity index (χ1n) is 14.5. The second-order valence-electron chi connectivity index (χ2n) is 10.4. The Labute approximate surface area is 319 Å². The molecule has 0 saturated carbocycles. The van der Waals surface area contributed by atoms with E-state index in [1.807, 2.05) is 0 Å². The lowest BCUT2D eigenvalue weighted by atomic mass is 10.0. The normalized spacial score (nSPS) is 11.1. The number of ketones is 2. The highest BCUT2D eigenvalue weighted by atomic mass is 35.7. The molecule has 5 aromatic rings. The standard InChI is InChI=1S/C14H11ClO4S.C14H13NO4S.C7H4Cl2O3S/c2*1-19-12-7-5-10(6-8-12)14(16)11-3-2-4-13(9-11)20(15,17)18;8-7(10)5-2-1-3-6(4-5)13(9,11)12/h2-9H,1H3;2-9H,1H3,(H2,15,17,18);1-4H. The van der Waals surface area contributed by atoms with Crippen LogP contribution in [0.4, 0.5) is 0 Å². The molecule has 53 heavy (non-hydrogen) atoms. The van der Waals surface area contributed by atoms with E-state index in [0.29, 0.717) is 22.6 Å². The molecule has 0 aromatic heterocycles. The highest BCUT2D eigenvalue weighted by molar-refractivity contribution is 8.14. The number of sulfonamides is 1. The largest absolute Gasteiger partial charge is 0.497 e. The molecule has 18 heteroatoms. The van der Waals surface area contributed by atoms with Gasteiger partial charge in [0.25, 0.3) is 23.3 Å². The van der Waals surface area contributed by atoms with Gasteiger partial charge in [0.15, 0.2) is 11.6 Å². The molecule has 0 fully saturated rings. The topological polar surface area (TPSA) is 198 Å². The molecular formula is C35H28Cl3NO11S3. The number of primary sulfonamides is 1. The van der Waals surface area contributed by atoms with Gasteiger partial charge in [0.2, 0.25) is 10.0 Å². The van der Waals surface area contributed by atoms with Crippen molar-refractivity contribution in [3.63, 3.8) is 0 Å². The number of ether oxygens (including phenoxy) is 2. The zero-order chi connectivity index (χ0) is 39.6. The lowest BCUT2D eigenvalue weighted by Gasteiger charge is -2.05. The van der Waals surface area contributed by atoms with Crippen molar-refractivity contribution in [2.24, 2.45) is 5.14 Å². The summed E-state index contributed by atoms with van der Waals surface area (Å²) in [5.41, 5.74) is 1.51. The van der Waals surface area contributed by atoms with Crippen LogP contribution in [0, 0.1) is 0 Å². The molecule has 0 aliphatic heterocycles. The van der Waals surface area contributed by atoms with Crippen molar-refractivity contribution in [2.45, 2.75) is 14.7 Å². The molecule has 0 radical (unpaired) electrons. The first kappa shape index (κ1) is 42.8. The number of hydrogen-bond acceptors (Lipinski definition) is 11. The van der Waals surface area contributed by atoms with Gasteiger partial charge in [-0.05, 0) is 96.5 Å². The second kappa shape index (κ2) is 18.4. The van der Waals surface area contributed by atoms with Crippen LogP contribution in [0.1, 0.15) is 42.2 Å². The lowest BCUT2D eigenvalue weighted by Crippen LogP contribution is -2.13. The molecule has 0 bridgehead atoms. The van der Waals surface area contributed by atoms with Gasteiger partial charge in [-0.15, -0.1) is 0 Å². The Morgan fingerprint density at radius 3 is 1.13 bits per heavy atom. The van der Waals surface area contributed by atoms with Gasteiger partial charge in [0, 0.05) is 49.2 Å². The van der Waals surface area contributed by atoms with Gasteiger partial charge in [-0.2, -0.15) is 0 Å². The van der Waals surface area contributed by atoms with Crippen LogP contribution in [0.5, 0.6) is 11.5 Å². The fourth-order valence-electron chi connectivity index (χ4n) is 4.19. The van der Waals surface area contributed by atoms with Gasteiger partial charge in [0.1, 0.15) is 11.5 Å². The van der Waals surface area contributed by atoms with E-state index in [9.17, 15) is 39.6 Å². The second-order valence-corrected chi connectivity index (χ2v) is 17.4. The molecule has 0 unspecified atom stereocenters. The number of hydrogen-bond donors (Lipinski definition) is 1. The Balaban J connectivity index is 0.000000220. The van der Waals surface area contributed by atoms with Crippen molar-refractivity contribution in [3.05, 3.63) is 149 Å². The third kappa shape index (κ3) is 12.8. The first-order chi connectivity index (χ1) is 24.7. The summed E-state index contributed by atoms with van der Waals surface area (Å²) in [6.45, 7) is 0. The van der Waals surface area contributed by atoms with E-state index in [-0.39, 0.29) is 42.9 Å². The van der Waals surface area contributed by atoms with Crippen LogP contribution < -0.4 is 14.6 Å². The molecule has 0 spiro atoms. The van der Waals surface area contributed by atoms with E-state index in [1.165, 1.54) is 74.9 Å².